The highest BCUT2D eigenvalue weighted by Crippen LogP contribution is 2.23. The van der Waals surface area contributed by atoms with Crippen molar-refractivity contribution in [2.45, 2.75) is 26.3 Å². The fourth-order valence-electron chi connectivity index (χ4n) is 2.34. The zero-order valence-corrected chi connectivity index (χ0v) is 14.8. The molecule has 0 atom stereocenters. The third kappa shape index (κ3) is 3.75. The third-order valence-corrected chi connectivity index (χ3v) is 3.44. The zero-order valence-electron chi connectivity index (χ0n) is 14.8. The smallest absolute Gasteiger partial charge is 0.272 e. The van der Waals surface area contributed by atoms with Gasteiger partial charge in [0, 0.05) is 17.9 Å². The molecule has 0 unspecified atom stereocenters. The van der Waals surface area contributed by atoms with Crippen LogP contribution in [-0.2, 0) is 0 Å². The van der Waals surface area contributed by atoms with E-state index < -0.39 is 0 Å². The Hall–Kier alpha value is -3.53. The Balaban J connectivity index is 2.09. The van der Waals surface area contributed by atoms with Gasteiger partial charge in [-0.15, -0.1) is 0 Å². The molecular formula is C19H18N6O. The van der Waals surface area contributed by atoms with Crippen LogP contribution in [0.4, 0.5) is 5.69 Å². The highest BCUT2D eigenvalue weighted by Gasteiger charge is 2.21. The summed E-state index contributed by atoms with van der Waals surface area (Å²) in [5, 5.41) is 7.33. The molecular weight excluding hydrogens is 328 g/mol. The number of pyridine rings is 2. The Kier molecular flexibility index (Phi) is 4.50. The van der Waals surface area contributed by atoms with Crippen LogP contribution in [0, 0.1) is 6.57 Å². The number of carbonyl (C=O) groups is 1. The highest BCUT2D eigenvalue weighted by molar-refractivity contribution is 5.94. The summed E-state index contributed by atoms with van der Waals surface area (Å²) in [5.41, 5.74) is 1.58. The monoisotopic (exact) mass is 346 g/mol. The molecule has 0 saturated carbocycles. The summed E-state index contributed by atoms with van der Waals surface area (Å²) in [6, 6.07) is 10.5. The fraction of sp³-hybridized carbons (Fsp3) is 0.211. The van der Waals surface area contributed by atoms with Crippen LogP contribution in [0.3, 0.4) is 0 Å². The van der Waals surface area contributed by atoms with E-state index in [0.29, 0.717) is 22.9 Å². The van der Waals surface area contributed by atoms with Crippen LogP contribution in [0.5, 0.6) is 0 Å². The standard InChI is InChI=1S/C19H18N6O/c1-19(2,3)23-18(26)15-11-16(14-9-8-13(20-4)12-22-14)25(24-15)17-7-5-6-10-21-17/h5-12H,1-3H3,(H,23,26). The van der Waals surface area contributed by atoms with Gasteiger partial charge >= 0.3 is 0 Å². The molecule has 0 aliphatic carbocycles. The molecule has 1 amide bonds. The zero-order chi connectivity index (χ0) is 18.7. The lowest BCUT2D eigenvalue weighted by Gasteiger charge is -2.19. The van der Waals surface area contributed by atoms with Gasteiger partial charge in [-0.3, -0.25) is 9.78 Å². The van der Waals surface area contributed by atoms with E-state index in [1.165, 1.54) is 6.20 Å². The minimum Gasteiger partial charge on any atom is -0.346 e. The van der Waals surface area contributed by atoms with E-state index in [2.05, 4.69) is 25.2 Å². The van der Waals surface area contributed by atoms with Gasteiger partial charge in [-0.1, -0.05) is 12.1 Å². The van der Waals surface area contributed by atoms with Crippen molar-refractivity contribution in [2.24, 2.45) is 0 Å². The lowest BCUT2D eigenvalue weighted by atomic mass is 10.1. The van der Waals surface area contributed by atoms with E-state index in [4.69, 9.17) is 6.57 Å². The van der Waals surface area contributed by atoms with Crippen molar-refractivity contribution < 1.29 is 4.79 Å². The maximum absolute atomic E-state index is 12.5. The van der Waals surface area contributed by atoms with Gasteiger partial charge in [0.1, 0.15) is 0 Å². The molecule has 26 heavy (non-hydrogen) atoms. The molecule has 0 bridgehead atoms. The predicted octanol–water partition coefficient (Wildman–Crippen LogP) is 3.41. The molecule has 0 fully saturated rings. The molecule has 0 saturated heterocycles. The van der Waals surface area contributed by atoms with Crippen molar-refractivity contribution in [3.05, 3.63) is 65.9 Å². The molecule has 0 spiro atoms. The SMILES string of the molecule is [C-]#[N+]c1ccc(-c2cc(C(=O)NC(C)(C)C)nn2-c2ccccn2)nc1. The van der Waals surface area contributed by atoms with E-state index in [1.807, 2.05) is 32.9 Å². The van der Waals surface area contributed by atoms with Gasteiger partial charge in [0.2, 0.25) is 5.69 Å². The van der Waals surface area contributed by atoms with Crippen molar-refractivity contribution in [1.82, 2.24) is 25.1 Å². The first kappa shape index (κ1) is 17.3. The minimum absolute atomic E-state index is 0.272. The lowest BCUT2D eigenvalue weighted by Crippen LogP contribution is -2.40. The van der Waals surface area contributed by atoms with Crippen molar-refractivity contribution in [3.63, 3.8) is 0 Å². The summed E-state index contributed by atoms with van der Waals surface area (Å²) < 4.78 is 1.58. The van der Waals surface area contributed by atoms with Crippen LogP contribution >= 0.6 is 0 Å². The molecule has 130 valence electrons. The second kappa shape index (κ2) is 6.76. The number of aromatic nitrogens is 4. The first-order valence-corrected chi connectivity index (χ1v) is 8.05. The highest BCUT2D eigenvalue weighted by atomic mass is 16.2. The van der Waals surface area contributed by atoms with Gasteiger partial charge in [-0.2, -0.15) is 5.10 Å². The summed E-state index contributed by atoms with van der Waals surface area (Å²) in [6.45, 7) is 12.8. The summed E-state index contributed by atoms with van der Waals surface area (Å²) in [5.74, 6) is 0.305. The number of hydrogen-bond acceptors (Lipinski definition) is 4. The first-order valence-electron chi connectivity index (χ1n) is 8.05. The second-order valence-electron chi connectivity index (χ2n) is 6.73. The Morgan fingerprint density at radius 1 is 1.19 bits per heavy atom. The predicted molar refractivity (Wildman–Crippen MR) is 98.1 cm³/mol. The Morgan fingerprint density at radius 3 is 2.58 bits per heavy atom. The quantitative estimate of drug-likeness (QED) is 0.737. The van der Waals surface area contributed by atoms with Crippen LogP contribution in [0.15, 0.2) is 48.8 Å². The normalized spacial score (nSPS) is 11.0. The average molecular weight is 346 g/mol. The van der Waals surface area contributed by atoms with Crippen LogP contribution in [0.1, 0.15) is 31.3 Å². The summed E-state index contributed by atoms with van der Waals surface area (Å²) in [4.78, 5) is 24.5. The summed E-state index contributed by atoms with van der Waals surface area (Å²) >= 11 is 0. The lowest BCUT2D eigenvalue weighted by molar-refractivity contribution is 0.0914. The molecule has 7 nitrogen and oxygen atoms in total. The molecule has 3 aromatic heterocycles. The van der Waals surface area contributed by atoms with Crippen molar-refractivity contribution in [1.29, 1.82) is 0 Å². The molecule has 1 N–H and O–H groups in total. The molecule has 7 heteroatoms. The fourth-order valence-corrected chi connectivity index (χ4v) is 2.34. The van der Waals surface area contributed by atoms with Gasteiger partial charge in [0.15, 0.2) is 11.5 Å². The average Bonchev–Trinajstić information content (AvgIpc) is 3.07. The van der Waals surface area contributed by atoms with E-state index in [-0.39, 0.29) is 17.1 Å². The number of nitrogens with zero attached hydrogens (tertiary/aromatic N) is 5. The molecule has 0 radical (unpaired) electrons. The molecule has 0 aliphatic heterocycles. The van der Waals surface area contributed by atoms with E-state index in [9.17, 15) is 4.79 Å². The number of rotatable bonds is 3. The van der Waals surface area contributed by atoms with Crippen molar-refractivity contribution in [3.8, 4) is 17.2 Å². The van der Waals surface area contributed by atoms with Gasteiger partial charge in [0.25, 0.3) is 5.91 Å². The van der Waals surface area contributed by atoms with E-state index >= 15 is 0 Å². The van der Waals surface area contributed by atoms with E-state index in [1.54, 1.807) is 35.1 Å². The van der Waals surface area contributed by atoms with Crippen molar-refractivity contribution >= 4 is 11.6 Å². The molecule has 0 aliphatic rings. The largest absolute Gasteiger partial charge is 0.346 e. The first-order chi connectivity index (χ1) is 12.4. The molecule has 3 heterocycles. The summed E-state index contributed by atoms with van der Waals surface area (Å²) in [7, 11) is 0. The number of carbonyl (C=O) groups excluding carboxylic acids is 1. The maximum atomic E-state index is 12.5. The molecule has 3 rings (SSSR count). The second-order valence-corrected chi connectivity index (χ2v) is 6.73. The van der Waals surface area contributed by atoms with Gasteiger partial charge < -0.3 is 5.32 Å². The van der Waals surface area contributed by atoms with Gasteiger partial charge in [0.05, 0.1) is 18.0 Å². The number of amides is 1. The number of hydrogen-bond donors (Lipinski definition) is 1. The van der Waals surface area contributed by atoms with Crippen LogP contribution in [0.25, 0.3) is 22.1 Å². The number of nitrogens with one attached hydrogen (secondary N) is 1. The van der Waals surface area contributed by atoms with E-state index in [0.717, 1.165) is 0 Å². The topological polar surface area (TPSA) is 77.1 Å². The maximum Gasteiger partial charge on any atom is 0.272 e. The third-order valence-electron chi connectivity index (χ3n) is 3.44. The van der Waals surface area contributed by atoms with Gasteiger partial charge in [-0.25, -0.2) is 14.5 Å². The van der Waals surface area contributed by atoms with Gasteiger partial charge in [-0.05, 0) is 45.0 Å². The summed E-state index contributed by atoms with van der Waals surface area (Å²) in [6.07, 6.45) is 3.15. The van der Waals surface area contributed by atoms with Crippen LogP contribution in [0.2, 0.25) is 0 Å². The van der Waals surface area contributed by atoms with Crippen molar-refractivity contribution in [2.75, 3.05) is 0 Å². The Labute approximate surface area is 151 Å². The minimum atomic E-state index is -0.373. The Morgan fingerprint density at radius 2 is 2.00 bits per heavy atom. The molecule has 0 aromatic carbocycles. The van der Waals surface area contributed by atoms with Crippen LogP contribution in [-0.4, -0.2) is 31.2 Å². The Bertz CT molecular complexity index is 962. The van der Waals surface area contributed by atoms with Crippen LogP contribution < -0.4 is 5.32 Å². The molecule has 3 aromatic rings.